The lowest BCUT2D eigenvalue weighted by atomic mass is 10.2. The Hall–Kier alpha value is -2.83. The van der Waals surface area contributed by atoms with Gasteiger partial charge in [-0.3, -0.25) is 14.5 Å². The van der Waals surface area contributed by atoms with E-state index < -0.39 is 16.0 Å². The first-order chi connectivity index (χ1) is 15.6. The number of nitrogens with zero attached hydrogens (tertiary/aromatic N) is 4. The Bertz CT molecular complexity index is 1120. The number of carbonyl (C=O) groups is 3. The number of aromatic nitrogens is 1. The van der Waals surface area contributed by atoms with Gasteiger partial charge in [0.25, 0.3) is 0 Å². The Morgan fingerprint density at radius 1 is 1.09 bits per heavy atom. The summed E-state index contributed by atoms with van der Waals surface area (Å²) in [6, 6.07) is 5.55. The average Bonchev–Trinajstić information content (AvgIpc) is 3.26. The van der Waals surface area contributed by atoms with Crippen molar-refractivity contribution in [3.8, 4) is 0 Å². The molecule has 0 unspecified atom stereocenters. The zero-order valence-corrected chi connectivity index (χ0v) is 20.3. The van der Waals surface area contributed by atoms with Crippen LogP contribution < -0.4 is 4.90 Å². The molecule has 0 bridgehead atoms. The smallest absolute Gasteiger partial charge is 0.338 e. The Labute approximate surface area is 196 Å². The highest BCUT2D eigenvalue weighted by Gasteiger charge is 2.29. The minimum atomic E-state index is -3.72. The number of piperazine rings is 1. The number of thiazole rings is 1. The molecule has 2 aromatic rings. The van der Waals surface area contributed by atoms with Crippen molar-refractivity contribution in [2.24, 2.45) is 0 Å². The number of hydrogen-bond donors (Lipinski definition) is 0. The van der Waals surface area contributed by atoms with Crippen LogP contribution in [0, 0.1) is 0 Å². The zero-order chi connectivity index (χ0) is 24.2. The lowest BCUT2D eigenvalue weighted by molar-refractivity contribution is -0.130. The van der Waals surface area contributed by atoms with Crippen LogP contribution in [0.5, 0.6) is 0 Å². The average molecular weight is 495 g/mol. The standard InChI is InChI=1S/C21H26N4O6S2/c1-4-25(16(3)27)21-22-18(14-32-21)13-31-20(28)17-5-7-19(8-6-17)33(29,30)24-11-9-23(10-12-24)15(2)26/h5-8,14H,4,9-13H2,1-3H3. The fourth-order valence-corrected chi connectivity index (χ4v) is 5.70. The largest absolute Gasteiger partial charge is 0.456 e. The Morgan fingerprint density at radius 3 is 2.27 bits per heavy atom. The number of sulfonamides is 1. The van der Waals surface area contributed by atoms with Gasteiger partial charge in [-0.15, -0.1) is 11.3 Å². The summed E-state index contributed by atoms with van der Waals surface area (Å²) in [6.07, 6.45) is 0. The maximum Gasteiger partial charge on any atom is 0.338 e. The van der Waals surface area contributed by atoms with E-state index in [-0.39, 0.29) is 42.0 Å². The number of hydrogen-bond acceptors (Lipinski definition) is 8. The first kappa shape index (κ1) is 24.8. The maximum absolute atomic E-state index is 12.9. The van der Waals surface area contributed by atoms with E-state index in [1.54, 1.807) is 10.3 Å². The summed E-state index contributed by atoms with van der Waals surface area (Å²) in [5, 5.41) is 2.25. The molecule has 0 saturated carbocycles. The molecule has 10 nitrogen and oxygen atoms in total. The van der Waals surface area contributed by atoms with E-state index >= 15 is 0 Å². The van der Waals surface area contributed by atoms with Gasteiger partial charge in [-0.25, -0.2) is 18.2 Å². The van der Waals surface area contributed by atoms with Crippen LogP contribution in [0.15, 0.2) is 34.5 Å². The molecule has 1 saturated heterocycles. The summed E-state index contributed by atoms with van der Waals surface area (Å²) in [6.45, 7) is 6.33. The Morgan fingerprint density at radius 2 is 1.73 bits per heavy atom. The number of carbonyl (C=O) groups excluding carboxylic acids is 3. The van der Waals surface area contributed by atoms with Gasteiger partial charge in [-0.1, -0.05) is 0 Å². The molecule has 1 aliphatic heterocycles. The van der Waals surface area contributed by atoms with Crippen LogP contribution in [-0.2, 0) is 31.0 Å². The molecular formula is C21H26N4O6S2. The molecule has 12 heteroatoms. The molecule has 1 aromatic carbocycles. The van der Waals surface area contributed by atoms with Gasteiger partial charge in [0.15, 0.2) is 5.13 Å². The van der Waals surface area contributed by atoms with E-state index in [9.17, 15) is 22.8 Å². The zero-order valence-electron chi connectivity index (χ0n) is 18.7. The number of amides is 2. The number of benzene rings is 1. The molecule has 33 heavy (non-hydrogen) atoms. The normalized spacial score (nSPS) is 14.7. The summed E-state index contributed by atoms with van der Waals surface area (Å²) in [7, 11) is -3.72. The van der Waals surface area contributed by atoms with Crippen LogP contribution in [0.1, 0.15) is 36.8 Å². The monoisotopic (exact) mass is 494 g/mol. The van der Waals surface area contributed by atoms with Crippen LogP contribution in [0.25, 0.3) is 0 Å². The molecule has 0 N–H and O–H groups in total. The van der Waals surface area contributed by atoms with Gasteiger partial charge < -0.3 is 9.64 Å². The second kappa shape index (κ2) is 10.4. The van der Waals surface area contributed by atoms with Crippen molar-refractivity contribution in [2.75, 3.05) is 37.6 Å². The summed E-state index contributed by atoms with van der Waals surface area (Å²) in [4.78, 5) is 43.0. The molecule has 0 aliphatic carbocycles. The van der Waals surface area contributed by atoms with Crippen molar-refractivity contribution in [3.63, 3.8) is 0 Å². The van der Waals surface area contributed by atoms with Crippen molar-refractivity contribution in [1.82, 2.24) is 14.2 Å². The van der Waals surface area contributed by atoms with E-state index in [2.05, 4.69) is 4.98 Å². The third kappa shape index (κ3) is 5.75. The third-order valence-electron chi connectivity index (χ3n) is 5.23. The number of esters is 1. The van der Waals surface area contributed by atoms with Crippen LogP contribution in [0.2, 0.25) is 0 Å². The van der Waals surface area contributed by atoms with Crippen LogP contribution >= 0.6 is 11.3 Å². The minimum Gasteiger partial charge on any atom is -0.456 e. The highest BCUT2D eigenvalue weighted by molar-refractivity contribution is 7.89. The maximum atomic E-state index is 12.9. The van der Waals surface area contributed by atoms with Crippen molar-refractivity contribution in [1.29, 1.82) is 0 Å². The van der Waals surface area contributed by atoms with Crippen molar-refractivity contribution in [2.45, 2.75) is 32.3 Å². The van der Waals surface area contributed by atoms with Gasteiger partial charge in [0, 0.05) is 52.0 Å². The molecule has 2 amide bonds. The molecule has 1 aromatic heterocycles. The number of anilines is 1. The van der Waals surface area contributed by atoms with E-state index in [1.165, 1.54) is 58.7 Å². The summed E-state index contributed by atoms with van der Waals surface area (Å²) in [5.74, 6) is -0.806. The van der Waals surface area contributed by atoms with Crippen LogP contribution in [0.3, 0.4) is 0 Å². The van der Waals surface area contributed by atoms with Crippen molar-refractivity contribution in [3.05, 3.63) is 40.9 Å². The fourth-order valence-electron chi connectivity index (χ4n) is 3.36. The van der Waals surface area contributed by atoms with E-state index in [1.807, 2.05) is 6.92 Å². The molecule has 1 aliphatic rings. The molecular weight excluding hydrogens is 468 g/mol. The van der Waals surface area contributed by atoms with Crippen LogP contribution in [0.4, 0.5) is 5.13 Å². The second-order valence-corrected chi connectivity index (χ2v) is 10.2. The predicted octanol–water partition coefficient (Wildman–Crippen LogP) is 1.73. The van der Waals surface area contributed by atoms with E-state index in [0.717, 1.165) is 0 Å². The first-order valence-corrected chi connectivity index (χ1v) is 12.7. The predicted molar refractivity (Wildman–Crippen MR) is 122 cm³/mol. The SMILES string of the molecule is CCN(C(C)=O)c1nc(COC(=O)c2ccc(S(=O)(=O)N3CCN(C(C)=O)CC3)cc2)cs1. The minimum absolute atomic E-state index is 0.0642. The fraction of sp³-hybridized carbons (Fsp3) is 0.429. The topological polar surface area (TPSA) is 117 Å². The number of rotatable bonds is 7. The van der Waals surface area contributed by atoms with Crippen molar-refractivity contribution < 1.29 is 27.5 Å². The molecule has 0 atom stereocenters. The van der Waals surface area contributed by atoms with Gasteiger partial charge >= 0.3 is 5.97 Å². The summed E-state index contributed by atoms with van der Waals surface area (Å²) < 4.78 is 32.3. The molecule has 0 radical (unpaired) electrons. The summed E-state index contributed by atoms with van der Waals surface area (Å²) >= 11 is 1.29. The number of ether oxygens (including phenoxy) is 1. The van der Waals surface area contributed by atoms with Crippen LogP contribution in [-0.4, -0.2) is 73.1 Å². The lowest BCUT2D eigenvalue weighted by Gasteiger charge is -2.33. The van der Waals surface area contributed by atoms with Gasteiger partial charge in [-0.05, 0) is 31.2 Å². The van der Waals surface area contributed by atoms with E-state index in [0.29, 0.717) is 30.5 Å². The molecule has 3 rings (SSSR count). The third-order valence-corrected chi connectivity index (χ3v) is 8.06. The highest BCUT2D eigenvalue weighted by atomic mass is 32.2. The molecule has 178 valence electrons. The van der Waals surface area contributed by atoms with Gasteiger partial charge in [-0.2, -0.15) is 4.31 Å². The Kier molecular flexibility index (Phi) is 7.82. The second-order valence-electron chi connectivity index (χ2n) is 7.40. The van der Waals surface area contributed by atoms with Gasteiger partial charge in [0.2, 0.25) is 21.8 Å². The molecule has 0 spiro atoms. The lowest BCUT2D eigenvalue weighted by Crippen LogP contribution is -2.49. The summed E-state index contributed by atoms with van der Waals surface area (Å²) in [5.41, 5.74) is 0.733. The quantitative estimate of drug-likeness (QED) is 0.538. The molecule has 2 heterocycles. The van der Waals surface area contributed by atoms with E-state index in [4.69, 9.17) is 4.74 Å². The van der Waals surface area contributed by atoms with Gasteiger partial charge in [0.05, 0.1) is 16.2 Å². The van der Waals surface area contributed by atoms with Gasteiger partial charge in [0.1, 0.15) is 6.61 Å². The highest BCUT2D eigenvalue weighted by Crippen LogP contribution is 2.22. The molecule has 1 fully saturated rings. The first-order valence-electron chi connectivity index (χ1n) is 10.4. The Balaban J connectivity index is 1.60. The van der Waals surface area contributed by atoms with Crippen molar-refractivity contribution >= 4 is 44.3 Å².